The number of hydrogen-bond acceptors (Lipinski definition) is 4. The van der Waals surface area contributed by atoms with Crippen molar-refractivity contribution >= 4 is 10.0 Å². The summed E-state index contributed by atoms with van der Waals surface area (Å²) in [7, 11) is -4.05. The molecule has 0 aromatic heterocycles. The Kier molecular flexibility index (Phi) is 8.27. The summed E-state index contributed by atoms with van der Waals surface area (Å²) >= 11 is 0. The topological polar surface area (TPSA) is 49.9 Å². The minimum Gasteiger partial charge on any atom is -0.367 e. The zero-order valence-corrected chi connectivity index (χ0v) is 20.5. The molecular weight excluding hydrogens is 515 g/mol. The molecule has 0 aliphatic carbocycles. The Bertz CT molecular complexity index is 1290. The number of benzene rings is 3. The molecule has 198 valence electrons. The molecule has 1 atom stereocenters. The maximum Gasteiger partial charge on any atom is 0.416 e. The molecule has 0 bridgehead atoms. The predicted molar refractivity (Wildman–Crippen MR) is 127 cm³/mol. The van der Waals surface area contributed by atoms with Crippen LogP contribution in [0.15, 0.2) is 77.7 Å². The third kappa shape index (κ3) is 6.72. The van der Waals surface area contributed by atoms with Gasteiger partial charge in [-0.1, -0.05) is 42.5 Å². The molecule has 3 aromatic carbocycles. The molecule has 1 saturated heterocycles. The quantitative estimate of drug-likeness (QED) is 0.374. The van der Waals surface area contributed by atoms with E-state index < -0.39 is 44.4 Å². The second-order valence-electron chi connectivity index (χ2n) is 8.64. The summed E-state index contributed by atoms with van der Waals surface area (Å²) in [5, 5.41) is 0. The largest absolute Gasteiger partial charge is 0.416 e. The molecule has 0 amide bonds. The molecule has 1 unspecified atom stereocenters. The smallest absolute Gasteiger partial charge is 0.367 e. The van der Waals surface area contributed by atoms with Crippen molar-refractivity contribution in [2.75, 3.05) is 39.3 Å². The van der Waals surface area contributed by atoms with Gasteiger partial charge in [0.1, 0.15) is 17.7 Å². The van der Waals surface area contributed by atoms with Crippen LogP contribution in [0.2, 0.25) is 0 Å². The second-order valence-corrected chi connectivity index (χ2v) is 10.6. The molecule has 5 nitrogen and oxygen atoms in total. The first kappa shape index (κ1) is 27.2. The standard InChI is InChI=1S/C26H25F5N2O3S/c27-22-16-23(28)18-24(17-22)37(34,35)33-11-9-32(10-12-33)13-14-36-25(19-5-2-1-3-6-19)20-7-4-8-21(15-20)26(29,30)31/h1-8,15-18,25H,9-14H2. The van der Waals surface area contributed by atoms with Gasteiger partial charge in [-0.25, -0.2) is 17.2 Å². The van der Waals surface area contributed by atoms with E-state index in [1.165, 1.54) is 10.4 Å². The van der Waals surface area contributed by atoms with E-state index in [1.807, 2.05) is 4.90 Å². The Morgan fingerprint density at radius 3 is 2.05 bits per heavy atom. The van der Waals surface area contributed by atoms with Crippen LogP contribution in [0.1, 0.15) is 22.8 Å². The average Bonchev–Trinajstić information content (AvgIpc) is 2.86. The summed E-state index contributed by atoms with van der Waals surface area (Å²) < 4.78 is 99.6. The Balaban J connectivity index is 1.38. The normalized spacial score (nSPS) is 16.6. The van der Waals surface area contributed by atoms with Gasteiger partial charge in [-0.3, -0.25) is 4.90 Å². The van der Waals surface area contributed by atoms with Crippen molar-refractivity contribution in [2.24, 2.45) is 0 Å². The molecular formula is C26H25F5N2O3S. The van der Waals surface area contributed by atoms with Gasteiger partial charge in [0.05, 0.1) is 17.1 Å². The van der Waals surface area contributed by atoms with Gasteiger partial charge >= 0.3 is 6.18 Å². The van der Waals surface area contributed by atoms with Gasteiger partial charge in [0.25, 0.3) is 0 Å². The molecule has 4 rings (SSSR count). The fourth-order valence-corrected chi connectivity index (χ4v) is 5.68. The van der Waals surface area contributed by atoms with E-state index in [0.29, 0.717) is 36.8 Å². The van der Waals surface area contributed by atoms with E-state index in [4.69, 9.17) is 4.74 Å². The minimum atomic E-state index is -4.48. The third-order valence-electron chi connectivity index (χ3n) is 6.12. The number of halogens is 5. The molecule has 1 aliphatic heterocycles. The maximum absolute atomic E-state index is 13.5. The van der Waals surface area contributed by atoms with E-state index in [-0.39, 0.29) is 19.7 Å². The van der Waals surface area contributed by atoms with Crippen LogP contribution in [0.5, 0.6) is 0 Å². The number of piperazine rings is 1. The Morgan fingerprint density at radius 2 is 1.43 bits per heavy atom. The summed E-state index contributed by atoms with van der Waals surface area (Å²) in [5.41, 5.74) is 0.323. The van der Waals surface area contributed by atoms with Crippen LogP contribution in [-0.4, -0.2) is 57.0 Å². The van der Waals surface area contributed by atoms with Gasteiger partial charge in [-0.2, -0.15) is 17.5 Å². The van der Waals surface area contributed by atoms with Crippen LogP contribution in [0.4, 0.5) is 22.0 Å². The monoisotopic (exact) mass is 540 g/mol. The Labute approximate surface area is 212 Å². The summed E-state index contributed by atoms with van der Waals surface area (Å²) in [6.07, 6.45) is -5.19. The fraction of sp³-hybridized carbons (Fsp3) is 0.308. The Hall–Kier alpha value is -2.86. The molecule has 0 radical (unpaired) electrons. The first-order valence-electron chi connectivity index (χ1n) is 11.6. The lowest BCUT2D eigenvalue weighted by atomic mass is 9.99. The molecule has 11 heteroatoms. The molecule has 37 heavy (non-hydrogen) atoms. The van der Waals surface area contributed by atoms with Crippen molar-refractivity contribution in [1.82, 2.24) is 9.21 Å². The summed E-state index contributed by atoms with van der Waals surface area (Å²) in [5.74, 6) is -1.94. The third-order valence-corrected chi connectivity index (χ3v) is 7.99. The van der Waals surface area contributed by atoms with Crippen LogP contribution in [-0.2, 0) is 20.9 Å². The van der Waals surface area contributed by atoms with Crippen LogP contribution in [0.3, 0.4) is 0 Å². The van der Waals surface area contributed by atoms with Gasteiger partial charge in [0, 0.05) is 38.8 Å². The number of ether oxygens (including phenoxy) is 1. The van der Waals surface area contributed by atoms with Crippen LogP contribution < -0.4 is 0 Å². The molecule has 0 N–H and O–H groups in total. The highest BCUT2D eigenvalue weighted by Gasteiger charge is 2.32. The van der Waals surface area contributed by atoms with Gasteiger partial charge in [0.15, 0.2) is 0 Å². The van der Waals surface area contributed by atoms with Crippen molar-refractivity contribution in [2.45, 2.75) is 17.2 Å². The summed E-state index contributed by atoms with van der Waals surface area (Å²) in [6, 6.07) is 16.1. The van der Waals surface area contributed by atoms with Gasteiger partial charge < -0.3 is 4.74 Å². The lowest BCUT2D eigenvalue weighted by Crippen LogP contribution is -2.49. The van der Waals surface area contributed by atoms with Crippen LogP contribution in [0.25, 0.3) is 0 Å². The molecule has 0 saturated carbocycles. The molecule has 0 spiro atoms. The lowest BCUT2D eigenvalue weighted by Gasteiger charge is -2.34. The predicted octanol–water partition coefficient (Wildman–Crippen LogP) is 5.10. The lowest BCUT2D eigenvalue weighted by molar-refractivity contribution is -0.137. The molecule has 1 aliphatic rings. The van der Waals surface area contributed by atoms with Crippen molar-refractivity contribution in [3.8, 4) is 0 Å². The number of hydrogen-bond donors (Lipinski definition) is 0. The van der Waals surface area contributed by atoms with E-state index in [9.17, 15) is 30.4 Å². The van der Waals surface area contributed by atoms with E-state index >= 15 is 0 Å². The van der Waals surface area contributed by atoms with Crippen LogP contribution >= 0.6 is 0 Å². The Morgan fingerprint density at radius 1 is 0.811 bits per heavy atom. The van der Waals surface area contributed by atoms with E-state index in [2.05, 4.69) is 0 Å². The van der Waals surface area contributed by atoms with Crippen molar-refractivity contribution < 1.29 is 35.1 Å². The average molecular weight is 541 g/mol. The van der Waals surface area contributed by atoms with E-state index in [0.717, 1.165) is 24.3 Å². The van der Waals surface area contributed by atoms with Gasteiger partial charge in [-0.05, 0) is 35.4 Å². The van der Waals surface area contributed by atoms with Crippen molar-refractivity contribution in [3.63, 3.8) is 0 Å². The molecule has 3 aromatic rings. The fourth-order valence-electron chi connectivity index (χ4n) is 4.21. The SMILES string of the molecule is O=S(=O)(c1cc(F)cc(F)c1)N1CCN(CCOC(c2ccccc2)c2cccc(C(F)(F)F)c2)CC1. The first-order chi connectivity index (χ1) is 17.5. The maximum atomic E-state index is 13.5. The number of nitrogens with zero attached hydrogens (tertiary/aromatic N) is 2. The molecule has 1 fully saturated rings. The minimum absolute atomic E-state index is 0.121. The highest BCUT2D eigenvalue weighted by Crippen LogP contribution is 2.33. The summed E-state index contributed by atoms with van der Waals surface area (Å²) in [6.45, 7) is 1.58. The first-order valence-corrected chi connectivity index (χ1v) is 13.0. The highest BCUT2D eigenvalue weighted by molar-refractivity contribution is 7.89. The number of sulfonamides is 1. The van der Waals surface area contributed by atoms with Crippen LogP contribution in [0, 0.1) is 11.6 Å². The number of alkyl halides is 3. The van der Waals surface area contributed by atoms with Crippen molar-refractivity contribution in [1.29, 1.82) is 0 Å². The second kappa shape index (κ2) is 11.3. The number of rotatable bonds is 8. The zero-order valence-electron chi connectivity index (χ0n) is 19.7. The van der Waals surface area contributed by atoms with Gasteiger partial charge in [-0.15, -0.1) is 0 Å². The van der Waals surface area contributed by atoms with E-state index in [1.54, 1.807) is 36.4 Å². The van der Waals surface area contributed by atoms with Gasteiger partial charge in [0.2, 0.25) is 10.0 Å². The van der Waals surface area contributed by atoms with Crippen molar-refractivity contribution in [3.05, 3.63) is 101 Å². The zero-order chi connectivity index (χ0) is 26.6. The highest BCUT2D eigenvalue weighted by atomic mass is 32.2. The summed E-state index contributed by atoms with van der Waals surface area (Å²) in [4.78, 5) is 1.53. The molecule has 1 heterocycles.